The van der Waals surface area contributed by atoms with Crippen molar-refractivity contribution < 1.29 is 0 Å². The van der Waals surface area contributed by atoms with Crippen LogP contribution in [0.15, 0.2) is 27.6 Å². The molecule has 0 heterocycles. The largest absolute Gasteiger partial charge is 0.388 e. The third-order valence-corrected chi connectivity index (χ3v) is 2.11. The summed E-state index contributed by atoms with van der Waals surface area (Å²) < 4.78 is 3.71. The summed E-state index contributed by atoms with van der Waals surface area (Å²) >= 11 is 3.83. The third kappa shape index (κ3) is 4.06. The Morgan fingerprint density at radius 2 is 1.81 bits per heavy atom. The van der Waals surface area contributed by atoms with Crippen LogP contribution in [0.1, 0.15) is 25.0 Å². The number of nitrogens with one attached hydrogen (secondary N) is 1. The van der Waals surface area contributed by atoms with E-state index in [9.17, 15) is 0 Å². The summed E-state index contributed by atoms with van der Waals surface area (Å²) in [7, 11) is 1.89. The Morgan fingerprint density at radius 3 is 2.31 bits per heavy atom. The molecular formula is C12H17N3S. The summed E-state index contributed by atoms with van der Waals surface area (Å²) in [6.45, 7) is 4.10. The van der Waals surface area contributed by atoms with Gasteiger partial charge in [0.25, 0.3) is 0 Å². The van der Waals surface area contributed by atoms with Crippen LogP contribution in [0, 0.1) is 0 Å². The first-order valence-electron chi connectivity index (χ1n) is 5.19. The molecule has 0 spiro atoms. The molecule has 1 N–H and O–H groups in total. The molecule has 0 atom stereocenters. The van der Waals surface area contributed by atoms with Crippen molar-refractivity contribution in [2.24, 2.45) is 9.39 Å². The second-order valence-electron chi connectivity index (χ2n) is 3.75. The number of hydrogen-bond acceptors (Lipinski definition) is 4. The normalized spacial score (nSPS) is 11.8. The summed E-state index contributed by atoms with van der Waals surface area (Å²) in [4.78, 5) is 4.36. The molecule has 0 saturated carbocycles. The third-order valence-electron chi connectivity index (χ3n) is 1.99. The smallest absolute Gasteiger partial charge is 0.0443 e. The highest BCUT2D eigenvalue weighted by molar-refractivity contribution is 7.79. The summed E-state index contributed by atoms with van der Waals surface area (Å²) in [6.07, 6.45) is 3.58. The molecule has 0 aromatic heterocycles. The van der Waals surface area contributed by atoms with Gasteiger partial charge in [0.05, 0.1) is 0 Å². The van der Waals surface area contributed by atoms with Crippen molar-refractivity contribution in [3.63, 3.8) is 0 Å². The molecule has 0 aliphatic carbocycles. The topological polar surface area (TPSA) is 36.8 Å². The molecule has 0 aliphatic heterocycles. The van der Waals surface area contributed by atoms with Crippen molar-refractivity contribution in [1.82, 2.24) is 0 Å². The maximum Gasteiger partial charge on any atom is 0.0443 e. The molecule has 4 heteroatoms. The van der Waals surface area contributed by atoms with Crippen molar-refractivity contribution in [3.05, 3.63) is 29.3 Å². The lowest BCUT2D eigenvalue weighted by molar-refractivity contribution is 0.841. The van der Waals surface area contributed by atoms with E-state index in [1.165, 1.54) is 0 Å². The highest BCUT2D eigenvalue weighted by Crippen LogP contribution is 2.12. The lowest BCUT2D eigenvalue weighted by atomic mass is 10.1. The number of anilines is 1. The number of thiol groups is 1. The van der Waals surface area contributed by atoms with E-state index >= 15 is 0 Å². The van der Waals surface area contributed by atoms with Gasteiger partial charge in [0.15, 0.2) is 0 Å². The highest BCUT2D eigenvalue weighted by Gasteiger charge is 1.97. The molecule has 3 nitrogen and oxygen atoms in total. The van der Waals surface area contributed by atoms with Gasteiger partial charge in [0, 0.05) is 31.2 Å². The van der Waals surface area contributed by atoms with Crippen LogP contribution < -0.4 is 5.32 Å². The van der Waals surface area contributed by atoms with Crippen LogP contribution in [-0.2, 0) is 0 Å². The molecule has 1 rings (SSSR count). The van der Waals surface area contributed by atoms with Gasteiger partial charge in [0.2, 0.25) is 0 Å². The van der Waals surface area contributed by atoms with E-state index in [-0.39, 0.29) is 0 Å². The van der Waals surface area contributed by atoms with Crippen molar-refractivity contribution in [2.45, 2.75) is 19.9 Å². The van der Waals surface area contributed by atoms with Crippen molar-refractivity contribution >= 4 is 30.9 Å². The molecule has 1 aromatic carbocycles. The second-order valence-corrected chi connectivity index (χ2v) is 3.99. The molecule has 0 aliphatic rings. The molecule has 0 bridgehead atoms. The van der Waals surface area contributed by atoms with Crippen molar-refractivity contribution in [1.29, 1.82) is 0 Å². The first-order chi connectivity index (χ1) is 7.65. The van der Waals surface area contributed by atoms with Crippen LogP contribution in [-0.4, -0.2) is 25.5 Å². The standard InChI is InChI=1S/C12H17N3S/c1-9(2)14-7-10-4-11(8-15-16)6-12(5-10)13-3/h4-9,13,16H,1-3H3. The zero-order valence-electron chi connectivity index (χ0n) is 9.81. The Hall–Kier alpha value is -1.29. The zero-order valence-corrected chi connectivity index (χ0v) is 10.7. The van der Waals surface area contributed by atoms with E-state index < -0.39 is 0 Å². The van der Waals surface area contributed by atoms with Crippen LogP contribution in [0.5, 0.6) is 0 Å². The van der Waals surface area contributed by atoms with E-state index in [2.05, 4.69) is 41.4 Å². The van der Waals surface area contributed by atoms with Crippen molar-refractivity contribution in [3.8, 4) is 0 Å². The predicted molar refractivity (Wildman–Crippen MR) is 75.3 cm³/mol. The average molecular weight is 235 g/mol. The fraction of sp³-hybridized carbons (Fsp3) is 0.333. The Morgan fingerprint density at radius 1 is 1.19 bits per heavy atom. The van der Waals surface area contributed by atoms with Crippen molar-refractivity contribution in [2.75, 3.05) is 12.4 Å². The van der Waals surface area contributed by atoms with Gasteiger partial charge in [-0.2, -0.15) is 0 Å². The molecular weight excluding hydrogens is 218 g/mol. The highest BCUT2D eigenvalue weighted by atomic mass is 32.1. The molecule has 0 amide bonds. The monoisotopic (exact) mass is 235 g/mol. The first-order valence-corrected chi connectivity index (χ1v) is 5.59. The van der Waals surface area contributed by atoms with Crippen LogP contribution in [0.2, 0.25) is 0 Å². The zero-order chi connectivity index (χ0) is 12.0. The van der Waals surface area contributed by atoms with Crippen LogP contribution >= 0.6 is 12.8 Å². The molecule has 0 unspecified atom stereocenters. The molecule has 0 saturated heterocycles. The van der Waals surface area contributed by atoms with E-state index in [0.717, 1.165) is 16.8 Å². The maximum atomic E-state index is 4.36. The SMILES string of the molecule is CNc1cc(C=NS)cc(C=NC(C)C)c1. The van der Waals surface area contributed by atoms with Gasteiger partial charge in [-0.3, -0.25) is 4.99 Å². The van der Waals surface area contributed by atoms with E-state index in [0.29, 0.717) is 6.04 Å². The fourth-order valence-corrected chi connectivity index (χ4v) is 1.41. The number of rotatable bonds is 4. The maximum absolute atomic E-state index is 4.36. The predicted octanol–water partition coefficient (Wildman–Crippen LogP) is 2.82. The number of benzene rings is 1. The summed E-state index contributed by atoms with van der Waals surface area (Å²) in [5.74, 6) is 0. The van der Waals surface area contributed by atoms with E-state index in [1.807, 2.05) is 31.5 Å². The van der Waals surface area contributed by atoms with E-state index in [1.54, 1.807) is 6.21 Å². The average Bonchev–Trinajstić information content (AvgIpc) is 2.26. The number of aliphatic imine (C=N–C) groups is 1. The lowest BCUT2D eigenvalue weighted by Crippen LogP contribution is -1.95. The van der Waals surface area contributed by atoms with Gasteiger partial charge >= 0.3 is 0 Å². The Bertz CT molecular complexity index is 397. The summed E-state index contributed by atoms with van der Waals surface area (Å²) in [5.41, 5.74) is 3.10. The molecule has 0 radical (unpaired) electrons. The Labute approximate surface area is 102 Å². The minimum atomic E-state index is 0.306. The second kappa shape index (κ2) is 6.33. The van der Waals surface area contributed by atoms with Gasteiger partial charge < -0.3 is 5.32 Å². The van der Waals surface area contributed by atoms with Crippen LogP contribution in [0.25, 0.3) is 0 Å². The molecule has 0 fully saturated rings. The fourth-order valence-electron chi connectivity index (χ4n) is 1.27. The number of nitrogens with zero attached hydrogens (tertiary/aromatic N) is 2. The van der Waals surface area contributed by atoms with Gasteiger partial charge in [-0.1, -0.05) is 0 Å². The molecule has 1 aromatic rings. The molecule has 86 valence electrons. The lowest BCUT2D eigenvalue weighted by Gasteiger charge is -2.04. The van der Waals surface area contributed by atoms with Gasteiger partial charge in [0.1, 0.15) is 0 Å². The minimum Gasteiger partial charge on any atom is -0.388 e. The first kappa shape index (κ1) is 12.8. The quantitative estimate of drug-likeness (QED) is 0.611. The van der Waals surface area contributed by atoms with Gasteiger partial charge in [-0.05, 0) is 56.0 Å². The van der Waals surface area contributed by atoms with E-state index in [4.69, 9.17) is 0 Å². The van der Waals surface area contributed by atoms with Gasteiger partial charge in [-0.25, -0.2) is 4.40 Å². The molecule has 16 heavy (non-hydrogen) atoms. The van der Waals surface area contributed by atoms with Crippen LogP contribution in [0.4, 0.5) is 5.69 Å². The Balaban J connectivity index is 3.04. The van der Waals surface area contributed by atoms with Crippen LogP contribution in [0.3, 0.4) is 0 Å². The number of hydrogen-bond donors (Lipinski definition) is 2. The summed E-state index contributed by atoms with van der Waals surface area (Å²) in [5, 5.41) is 3.11. The Kier molecular flexibility index (Phi) is 5.05. The minimum absolute atomic E-state index is 0.306. The van der Waals surface area contributed by atoms with Gasteiger partial charge in [-0.15, -0.1) is 0 Å². The summed E-state index contributed by atoms with van der Waals surface area (Å²) in [6, 6.07) is 6.38.